The number of methoxy groups -OCH3 is 1. The van der Waals surface area contributed by atoms with Crippen molar-refractivity contribution >= 4 is 5.82 Å². The number of anilines is 1. The lowest BCUT2D eigenvalue weighted by molar-refractivity contribution is -0.0207. The molecule has 1 fully saturated rings. The second-order valence-electron chi connectivity index (χ2n) is 5.43. The first-order chi connectivity index (χ1) is 11.3. The number of hydrogen-bond acceptors (Lipinski definition) is 4. The van der Waals surface area contributed by atoms with Crippen LogP contribution >= 0.6 is 0 Å². The fraction of sp³-hybridized carbons (Fsp3) is 0.500. The molecule has 1 aliphatic rings. The van der Waals surface area contributed by atoms with Gasteiger partial charge in [0.05, 0.1) is 12.6 Å². The van der Waals surface area contributed by atoms with Gasteiger partial charge in [0.2, 0.25) is 0 Å². The maximum Gasteiger partial charge on any atom is 0.150 e. The quantitative estimate of drug-likeness (QED) is 0.941. The topological polar surface area (TPSA) is 50.5 Å². The van der Waals surface area contributed by atoms with Crippen molar-refractivity contribution < 1.29 is 9.84 Å². The normalized spacial score (nSPS) is 20.8. The number of ether oxygens (including phenoxy) is 1. The summed E-state index contributed by atoms with van der Waals surface area (Å²) in [5, 5.41) is 14.5. The van der Waals surface area contributed by atoms with E-state index in [2.05, 4.69) is 22.1 Å². The molecule has 0 spiro atoms. The summed E-state index contributed by atoms with van der Waals surface area (Å²) in [5.41, 5.74) is 1.23. The minimum absolute atomic E-state index is 0.141. The van der Waals surface area contributed by atoms with Crippen LogP contribution in [0.15, 0.2) is 42.6 Å². The van der Waals surface area contributed by atoms with Gasteiger partial charge in [0.25, 0.3) is 0 Å². The number of aliphatic hydroxyl groups is 1. The van der Waals surface area contributed by atoms with Crippen LogP contribution in [0.5, 0.6) is 0 Å². The van der Waals surface area contributed by atoms with Gasteiger partial charge in [0.15, 0.2) is 5.82 Å². The number of piperidine rings is 1. The average Bonchev–Trinajstić information content (AvgIpc) is 3.06. The third-order valence-electron chi connectivity index (χ3n) is 3.96. The molecule has 1 aliphatic heterocycles. The number of rotatable bonds is 4. The molecule has 1 N–H and O–H groups in total. The van der Waals surface area contributed by atoms with Crippen molar-refractivity contribution in [3.8, 4) is 0 Å². The van der Waals surface area contributed by atoms with E-state index in [1.165, 1.54) is 5.56 Å². The van der Waals surface area contributed by atoms with Gasteiger partial charge in [-0.05, 0) is 12.0 Å². The number of aromatic nitrogens is 2. The molecule has 2 atom stereocenters. The third-order valence-corrected chi connectivity index (χ3v) is 3.96. The summed E-state index contributed by atoms with van der Waals surface area (Å²) in [4.78, 5) is 2.17. The monoisotopic (exact) mass is 317 g/mol. The van der Waals surface area contributed by atoms with Crippen LogP contribution in [0.1, 0.15) is 25.8 Å². The number of hydrogen-bond donors (Lipinski definition) is 1. The van der Waals surface area contributed by atoms with Crippen LogP contribution in [0.4, 0.5) is 5.82 Å². The van der Waals surface area contributed by atoms with Crippen molar-refractivity contribution in [1.29, 1.82) is 0 Å². The highest BCUT2D eigenvalue weighted by molar-refractivity contribution is 5.38. The van der Waals surface area contributed by atoms with E-state index in [0.29, 0.717) is 13.0 Å². The summed E-state index contributed by atoms with van der Waals surface area (Å²) in [6.45, 7) is 6.26. The molecule has 5 nitrogen and oxygen atoms in total. The minimum atomic E-state index is -0.377. The van der Waals surface area contributed by atoms with E-state index >= 15 is 0 Å². The van der Waals surface area contributed by atoms with Gasteiger partial charge in [0, 0.05) is 32.5 Å². The Kier molecular flexibility index (Phi) is 6.62. The minimum Gasteiger partial charge on any atom is -0.390 e. The molecule has 0 bridgehead atoms. The fourth-order valence-electron chi connectivity index (χ4n) is 2.72. The summed E-state index contributed by atoms with van der Waals surface area (Å²) < 4.78 is 7.27. The summed E-state index contributed by atoms with van der Waals surface area (Å²) in [6, 6.07) is 12.3. The molecule has 0 radical (unpaired) electrons. The zero-order valence-electron chi connectivity index (χ0n) is 14.2. The molecule has 2 heterocycles. The largest absolute Gasteiger partial charge is 0.390 e. The Morgan fingerprint density at radius 3 is 2.65 bits per heavy atom. The molecule has 23 heavy (non-hydrogen) atoms. The van der Waals surface area contributed by atoms with Crippen LogP contribution in [0.2, 0.25) is 0 Å². The van der Waals surface area contributed by atoms with Crippen LogP contribution in [-0.4, -0.2) is 47.3 Å². The first-order valence-corrected chi connectivity index (χ1v) is 8.29. The smallest absolute Gasteiger partial charge is 0.150 e. The maximum atomic E-state index is 9.86. The molecule has 0 saturated carbocycles. The van der Waals surface area contributed by atoms with E-state index in [1.807, 2.05) is 49.0 Å². The van der Waals surface area contributed by atoms with Gasteiger partial charge in [0.1, 0.15) is 6.10 Å². The molecule has 0 amide bonds. The second kappa shape index (κ2) is 8.70. The van der Waals surface area contributed by atoms with Crippen LogP contribution < -0.4 is 4.90 Å². The van der Waals surface area contributed by atoms with E-state index in [9.17, 15) is 5.11 Å². The fourth-order valence-corrected chi connectivity index (χ4v) is 2.72. The Morgan fingerprint density at radius 2 is 1.96 bits per heavy atom. The molecular formula is C18H27N3O2. The average molecular weight is 317 g/mol. The third kappa shape index (κ3) is 4.56. The Balaban J connectivity index is 0.000000924. The van der Waals surface area contributed by atoms with Crippen LogP contribution in [-0.2, 0) is 11.3 Å². The van der Waals surface area contributed by atoms with Gasteiger partial charge in [-0.1, -0.05) is 44.2 Å². The van der Waals surface area contributed by atoms with Gasteiger partial charge in [-0.15, -0.1) is 0 Å². The zero-order valence-corrected chi connectivity index (χ0v) is 14.2. The number of nitrogens with zero attached hydrogens (tertiary/aromatic N) is 3. The predicted molar refractivity (Wildman–Crippen MR) is 92.8 cm³/mol. The summed E-state index contributed by atoms with van der Waals surface area (Å²) in [6.07, 6.45) is 2.19. The molecule has 126 valence electrons. The standard InChI is InChI=1S/C16H21N3O2.C2H6/c1-21-15-12-18(9-7-14(15)20)16-8-10-19(17-16)11-13-5-3-2-4-6-13;1-2/h2-6,8,10,14-15,20H,7,9,11-12H2,1H3;1-2H3/t14-,15+;/m1./s1. The van der Waals surface area contributed by atoms with E-state index in [-0.39, 0.29) is 12.2 Å². The lowest BCUT2D eigenvalue weighted by atomic mass is 10.1. The second-order valence-corrected chi connectivity index (χ2v) is 5.43. The molecular weight excluding hydrogens is 290 g/mol. The summed E-state index contributed by atoms with van der Waals surface area (Å²) >= 11 is 0. The SMILES string of the molecule is CC.CO[C@H]1CN(c2ccn(Cc3ccccc3)n2)CC[C@H]1O. The van der Waals surface area contributed by atoms with Crippen LogP contribution in [0.25, 0.3) is 0 Å². The zero-order chi connectivity index (χ0) is 16.7. The van der Waals surface area contributed by atoms with Gasteiger partial charge >= 0.3 is 0 Å². The molecule has 5 heteroatoms. The lowest BCUT2D eigenvalue weighted by Crippen LogP contribution is -2.47. The van der Waals surface area contributed by atoms with Crippen molar-refractivity contribution in [3.63, 3.8) is 0 Å². The Labute approximate surface area is 138 Å². The highest BCUT2D eigenvalue weighted by atomic mass is 16.5. The molecule has 1 saturated heterocycles. The van der Waals surface area contributed by atoms with Crippen molar-refractivity contribution in [2.75, 3.05) is 25.1 Å². The molecule has 0 aliphatic carbocycles. The van der Waals surface area contributed by atoms with Crippen molar-refractivity contribution in [1.82, 2.24) is 9.78 Å². The summed E-state index contributed by atoms with van der Waals surface area (Å²) in [5.74, 6) is 0.944. The van der Waals surface area contributed by atoms with E-state index in [0.717, 1.165) is 18.9 Å². The highest BCUT2D eigenvalue weighted by Gasteiger charge is 2.28. The van der Waals surface area contributed by atoms with Gasteiger partial charge < -0.3 is 14.7 Å². The molecule has 1 aromatic heterocycles. The van der Waals surface area contributed by atoms with Crippen molar-refractivity contribution in [2.45, 2.75) is 39.0 Å². The molecule has 1 aromatic carbocycles. The Hall–Kier alpha value is -1.85. The lowest BCUT2D eigenvalue weighted by Gasteiger charge is -2.35. The molecule has 0 unspecified atom stereocenters. The first kappa shape index (κ1) is 17.5. The molecule has 3 rings (SSSR count). The maximum absolute atomic E-state index is 9.86. The van der Waals surface area contributed by atoms with E-state index in [1.54, 1.807) is 7.11 Å². The summed E-state index contributed by atoms with van der Waals surface area (Å²) in [7, 11) is 1.64. The highest BCUT2D eigenvalue weighted by Crippen LogP contribution is 2.20. The number of aliphatic hydroxyl groups excluding tert-OH is 1. The first-order valence-electron chi connectivity index (χ1n) is 8.29. The van der Waals surface area contributed by atoms with Crippen LogP contribution in [0, 0.1) is 0 Å². The number of benzene rings is 1. The Bertz CT molecular complexity index is 571. The van der Waals surface area contributed by atoms with Gasteiger partial charge in [-0.3, -0.25) is 4.68 Å². The predicted octanol–water partition coefficient (Wildman–Crippen LogP) is 2.54. The van der Waals surface area contributed by atoms with Crippen LogP contribution in [0.3, 0.4) is 0 Å². The van der Waals surface area contributed by atoms with Crippen molar-refractivity contribution in [2.24, 2.45) is 0 Å². The molecule has 2 aromatic rings. The van der Waals surface area contributed by atoms with Gasteiger partial charge in [-0.25, -0.2) is 0 Å². The van der Waals surface area contributed by atoms with Gasteiger partial charge in [-0.2, -0.15) is 5.10 Å². The van der Waals surface area contributed by atoms with Crippen molar-refractivity contribution in [3.05, 3.63) is 48.2 Å². The van der Waals surface area contributed by atoms with E-state index in [4.69, 9.17) is 4.74 Å². The Morgan fingerprint density at radius 1 is 1.22 bits per heavy atom. The van der Waals surface area contributed by atoms with E-state index < -0.39 is 0 Å².